The normalized spacial score (nSPS) is 10.3. The topological polar surface area (TPSA) is 29.1 Å². The number of rotatable bonds is 4. The van der Waals surface area contributed by atoms with Gasteiger partial charge >= 0.3 is 0 Å². The van der Waals surface area contributed by atoms with E-state index < -0.39 is 0 Å². The van der Waals surface area contributed by atoms with Crippen LogP contribution in [0.5, 0.6) is 0 Å². The maximum atomic E-state index is 13.8. The molecule has 0 unspecified atom stereocenters. The summed E-state index contributed by atoms with van der Waals surface area (Å²) in [4.78, 5) is 10.4. The average Bonchev–Trinajstić information content (AvgIpc) is 2.39. The first-order valence-electron chi connectivity index (χ1n) is 5.85. The summed E-state index contributed by atoms with van der Waals surface area (Å²) in [6, 6.07) is 10.4. The van der Waals surface area contributed by atoms with Crippen molar-refractivity contribution >= 4 is 23.6 Å². The van der Waals surface area contributed by atoms with Crippen LogP contribution in [0, 0.1) is 5.82 Å². The molecule has 0 spiro atoms. The Kier molecular flexibility index (Phi) is 4.17. The van der Waals surface area contributed by atoms with Crippen molar-refractivity contribution in [2.24, 2.45) is 0 Å². The largest absolute Gasteiger partial charge is 0.385 e. The maximum Gasteiger partial charge on any atom is 0.148 e. The Labute approximate surface area is 116 Å². The van der Waals surface area contributed by atoms with Gasteiger partial charge in [0.25, 0.3) is 0 Å². The molecule has 2 aromatic carbocycles. The van der Waals surface area contributed by atoms with Crippen LogP contribution < -0.4 is 5.32 Å². The second-order valence-electron chi connectivity index (χ2n) is 4.13. The molecule has 0 aliphatic heterocycles. The number of carbonyl (C=O) groups is 1. The van der Waals surface area contributed by atoms with E-state index in [9.17, 15) is 9.18 Å². The number of hydrogen-bond acceptors (Lipinski definition) is 2. The second kappa shape index (κ2) is 5.85. The van der Waals surface area contributed by atoms with Crippen LogP contribution >= 0.6 is 11.6 Å². The van der Waals surface area contributed by atoms with E-state index in [1.54, 1.807) is 13.1 Å². The van der Waals surface area contributed by atoms with Gasteiger partial charge in [0.1, 0.15) is 12.1 Å². The van der Waals surface area contributed by atoms with Crippen molar-refractivity contribution in [1.82, 2.24) is 0 Å². The van der Waals surface area contributed by atoms with E-state index in [-0.39, 0.29) is 5.82 Å². The first-order valence-corrected chi connectivity index (χ1v) is 6.23. The molecule has 0 aromatic heterocycles. The third-order valence-electron chi connectivity index (χ3n) is 2.89. The van der Waals surface area contributed by atoms with Gasteiger partial charge in [0.2, 0.25) is 0 Å². The number of benzene rings is 2. The smallest absolute Gasteiger partial charge is 0.148 e. The zero-order valence-corrected chi connectivity index (χ0v) is 11.2. The summed E-state index contributed by atoms with van der Waals surface area (Å²) in [5.74, 6) is -0.387. The van der Waals surface area contributed by atoms with E-state index in [0.717, 1.165) is 17.4 Å². The van der Waals surface area contributed by atoms with Gasteiger partial charge in [-0.15, -0.1) is 0 Å². The molecule has 1 N–H and O–H groups in total. The molecule has 4 heteroatoms. The first kappa shape index (κ1) is 13.6. The Hall–Kier alpha value is -1.87. The highest BCUT2D eigenvalue weighted by Gasteiger charge is 2.11. The van der Waals surface area contributed by atoms with Crippen molar-refractivity contribution in [2.45, 2.75) is 6.42 Å². The van der Waals surface area contributed by atoms with Crippen molar-refractivity contribution in [3.63, 3.8) is 0 Å². The molecule has 0 aliphatic rings. The number of carbonyl (C=O) groups excluding carboxylic acids is 1. The van der Waals surface area contributed by atoms with E-state index in [1.165, 1.54) is 6.07 Å². The highest BCUT2D eigenvalue weighted by atomic mass is 35.5. The molecule has 2 rings (SSSR count). The third kappa shape index (κ3) is 2.93. The number of hydrogen-bond donors (Lipinski definition) is 1. The lowest BCUT2D eigenvalue weighted by Crippen LogP contribution is -1.96. The highest BCUT2D eigenvalue weighted by molar-refractivity contribution is 6.31. The van der Waals surface area contributed by atoms with Crippen LogP contribution in [0.15, 0.2) is 36.4 Å². The molecule has 98 valence electrons. The van der Waals surface area contributed by atoms with E-state index in [4.69, 9.17) is 11.6 Å². The molecule has 0 bridgehead atoms. The van der Waals surface area contributed by atoms with E-state index >= 15 is 0 Å². The van der Waals surface area contributed by atoms with Gasteiger partial charge in [-0.05, 0) is 23.3 Å². The predicted molar refractivity (Wildman–Crippen MR) is 76.2 cm³/mol. The summed E-state index contributed by atoms with van der Waals surface area (Å²) < 4.78 is 13.8. The minimum Gasteiger partial charge on any atom is -0.385 e. The van der Waals surface area contributed by atoms with Gasteiger partial charge in [0.05, 0.1) is 5.69 Å². The average molecular weight is 278 g/mol. The molecular weight excluding hydrogens is 265 g/mol. The summed E-state index contributed by atoms with van der Waals surface area (Å²) in [6.45, 7) is 0. The monoisotopic (exact) mass is 277 g/mol. The lowest BCUT2D eigenvalue weighted by molar-refractivity contribution is -0.107. The summed E-state index contributed by atoms with van der Waals surface area (Å²) in [5.41, 5.74) is 2.88. The van der Waals surface area contributed by atoms with Gasteiger partial charge in [-0.25, -0.2) is 4.39 Å². The molecule has 0 saturated carbocycles. The van der Waals surface area contributed by atoms with E-state index in [2.05, 4.69) is 5.32 Å². The minimum absolute atomic E-state index is 0.350. The lowest BCUT2D eigenvalue weighted by Gasteiger charge is -2.11. The Morgan fingerprint density at radius 3 is 2.53 bits per heavy atom. The molecule has 0 heterocycles. The van der Waals surface area contributed by atoms with Crippen molar-refractivity contribution in [3.05, 3.63) is 52.8 Å². The van der Waals surface area contributed by atoms with Gasteiger partial charge < -0.3 is 10.1 Å². The van der Waals surface area contributed by atoms with Crippen molar-refractivity contribution in [1.29, 1.82) is 0 Å². The third-order valence-corrected chi connectivity index (χ3v) is 3.11. The van der Waals surface area contributed by atoms with Gasteiger partial charge in [0.15, 0.2) is 0 Å². The summed E-state index contributed by atoms with van der Waals surface area (Å²) in [5, 5.41) is 3.19. The fraction of sp³-hybridized carbons (Fsp3) is 0.133. The van der Waals surface area contributed by atoms with Crippen LogP contribution in [-0.2, 0) is 11.2 Å². The van der Waals surface area contributed by atoms with Gasteiger partial charge in [0, 0.05) is 24.1 Å². The zero-order chi connectivity index (χ0) is 13.8. The molecular formula is C15H13ClFNO. The molecule has 0 fully saturated rings. The minimum atomic E-state index is -0.387. The van der Waals surface area contributed by atoms with Crippen LogP contribution in [0.1, 0.15) is 5.56 Å². The molecule has 0 amide bonds. The fourth-order valence-corrected chi connectivity index (χ4v) is 2.18. The second-order valence-corrected chi connectivity index (χ2v) is 4.56. The van der Waals surface area contributed by atoms with E-state index in [1.807, 2.05) is 24.3 Å². The Morgan fingerprint density at radius 1 is 1.26 bits per heavy atom. The van der Waals surface area contributed by atoms with Crippen LogP contribution in [0.2, 0.25) is 5.02 Å². The summed E-state index contributed by atoms with van der Waals surface area (Å²) in [7, 11) is 1.66. The predicted octanol–water partition coefficient (Wildman–Crippen LogP) is 3.93. The summed E-state index contributed by atoms with van der Waals surface area (Å²) >= 11 is 5.90. The number of halogens is 2. The Morgan fingerprint density at radius 2 is 1.95 bits per heavy atom. The van der Waals surface area contributed by atoms with Crippen LogP contribution in [0.4, 0.5) is 10.1 Å². The van der Waals surface area contributed by atoms with Crippen molar-refractivity contribution in [2.75, 3.05) is 12.4 Å². The lowest BCUT2D eigenvalue weighted by atomic mass is 10.0. The molecule has 2 aromatic rings. The summed E-state index contributed by atoms with van der Waals surface area (Å²) in [6.07, 6.45) is 1.23. The van der Waals surface area contributed by atoms with Gasteiger partial charge in [-0.1, -0.05) is 35.9 Å². The fourth-order valence-electron chi connectivity index (χ4n) is 1.97. The standard InChI is InChI=1S/C15H13ClFNO/c1-18-15-13(8-12(16)9-14(15)17)11-4-2-10(3-5-11)6-7-19/h2-5,7-9,18H,6H2,1H3. The first-order chi connectivity index (χ1) is 9.15. The van der Waals surface area contributed by atoms with Gasteiger partial charge in [-0.3, -0.25) is 0 Å². The van der Waals surface area contributed by atoms with Crippen LogP contribution in [0.3, 0.4) is 0 Å². The Balaban J connectivity index is 2.48. The van der Waals surface area contributed by atoms with Crippen molar-refractivity contribution in [3.8, 4) is 11.1 Å². The highest BCUT2D eigenvalue weighted by Crippen LogP contribution is 2.33. The molecule has 0 radical (unpaired) electrons. The zero-order valence-electron chi connectivity index (χ0n) is 10.4. The van der Waals surface area contributed by atoms with E-state index in [0.29, 0.717) is 22.7 Å². The molecule has 2 nitrogen and oxygen atoms in total. The molecule has 0 atom stereocenters. The van der Waals surface area contributed by atoms with Crippen LogP contribution in [0.25, 0.3) is 11.1 Å². The number of aldehydes is 1. The van der Waals surface area contributed by atoms with Gasteiger partial charge in [-0.2, -0.15) is 0 Å². The number of anilines is 1. The van der Waals surface area contributed by atoms with Crippen molar-refractivity contribution < 1.29 is 9.18 Å². The maximum absolute atomic E-state index is 13.8. The molecule has 0 saturated heterocycles. The molecule has 19 heavy (non-hydrogen) atoms. The number of nitrogens with one attached hydrogen (secondary N) is 1. The van der Waals surface area contributed by atoms with Crippen LogP contribution in [-0.4, -0.2) is 13.3 Å². The Bertz CT molecular complexity index is 596. The quantitative estimate of drug-likeness (QED) is 0.858. The molecule has 0 aliphatic carbocycles. The SMILES string of the molecule is CNc1c(F)cc(Cl)cc1-c1ccc(CC=O)cc1.